The van der Waals surface area contributed by atoms with Crippen molar-refractivity contribution in [2.75, 3.05) is 17.3 Å². The number of aliphatic carboxylic acids is 3. The summed E-state index contributed by atoms with van der Waals surface area (Å²) >= 11 is 12.1. The molecule has 3 atom stereocenters. The Balaban J connectivity index is -0.000000396. The maximum Gasteiger partial charge on any atom is 3.00 e. The third kappa shape index (κ3) is 56.3. The van der Waals surface area contributed by atoms with Crippen LogP contribution in [0.5, 0.6) is 0 Å². The number of hydrogen-bond acceptors (Lipinski definition) is 9. The van der Waals surface area contributed by atoms with Gasteiger partial charge in [0.05, 0.1) is 0 Å². The van der Waals surface area contributed by atoms with Crippen LogP contribution in [-0.4, -0.2) is 59.6 Å². The van der Waals surface area contributed by atoms with Gasteiger partial charge in [0.15, 0.2) is 0 Å². The van der Waals surface area contributed by atoms with Gasteiger partial charge < -0.3 is 29.7 Å². The summed E-state index contributed by atoms with van der Waals surface area (Å²) in [6.45, 7) is 6.77. The Morgan fingerprint density at radius 1 is 0.295 bits per heavy atom. The van der Waals surface area contributed by atoms with Crippen LogP contribution in [0, 0.1) is 17.8 Å². The van der Waals surface area contributed by atoms with Crippen molar-refractivity contribution in [1.82, 2.24) is 0 Å². The molecular formula is C51H99O6S3Sb. The first-order chi connectivity index (χ1) is 29.2. The van der Waals surface area contributed by atoms with E-state index in [2.05, 4.69) is 58.7 Å². The molecule has 0 spiro atoms. The number of carbonyl (C=O) groups excluding carboxylic acids is 3. The molecule has 0 N–H and O–H groups in total. The van der Waals surface area contributed by atoms with Gasteiger partial charge in [-0.3, -0.25) is 0 Å². The molecule has 0 heterocycles. The first-order valence-corrected chi connectivity index (χ1v) is 27.5. The predicted octanol–water partition coefficient (Wildman–Crippen LogP) is 12.7. The molecular weight excluding hydrogens is 927 g/mol. The molecule has 0 fully saturated rings. The van der Waals surface area contributed by atoms with Gasteiger partial charge in [-0.2, -0.15) is 37.9 Å². The normalized spacial score (nSPS) is 12.3. The van der Waals surface area contributed by atoms with Crippen LogP contribution in [0.1, 0.15) is 271 Å². The fourth-order valence-electron chi connectivity index (χ4n) is 7.55. The Morgan fingerprint density at radius 2 is 0.426 bits per heavy atom. The van der Waals surface area contributed by atoms with E-state index in [0.29, 0.717) is 17.3 Å². The molecule has 10 heteroatoms. The first-order valence-electron chi connectivity index (χ1n) is 25.6. The number of carboxylic acids is 3. The monoisotopic (exact) mass is 1020 g/mol. The van der Waals surface area contributed by atoms with Gasteiger partial charge in [-0.05, 0) is 36.5 Å². The van der Waals surface area contributed by atoms with Gasteiger partial charge in [0.25, 0.3) is 0 Å². The van der Waals surface area contributed by atoms with Gasteiger partial charge in [0.1, 0.15) is 0 Å². The molecule has 0 aromatic rings. The van der Waals surface area contributed by atoms with Gasteiger partial charge in [0.2, 0.25) is 0 Å². The predicted molar refractivity (Wildman–Crippen MR) is 270 cm³/mol. The summed E-state index contributed by atoms with van der Waals surface area (Å²) in [4.78, 5) is 32.1. The minimum atomic E-state index is -0.942. The van der Waals surface area contributed by atoms with Crippen molar-refractivity contribution >= 4 is 80.2 Å². The van der Waals surface area contributed by atoms with E-state index in [1.807, 2.05) is 0 Å². The number of hydrogen-bond donors (Lipinski definition) is 3. The summed E-state index contributed by atoms with van der Waals surface area (Å²) in [6.07, 6.45) is 49.2. The quantitative estimate of drug-likeness (QED) is 0.0317. The molecule has 0 saturated carbocycles. The standard InChI is InChI=1S/3C17H34O2S.Sb/c3*1-2-3-4-5-6-7-8-9-10-11-12-13-14-16(15-20)17(18)19;/h3*16,20H,2-15H2,1H3,(H,18,19);/q;;;+3/p-3. The van der Waals surface area contributed by atoms with Crippen molar-refractivity contribution < 1.29 is 29.7 Å². The number of unbranched alkanes of at least 4 members (excludes halogenated alkanes) is 33. The molecule has 0 aliphatic heterocycles. The summed E-state index contributed by atoms with van der Waals surface area (Å²) < 4.78 is 0. The van der Waals surface area contributed by atoms with Gasteiger partial charge in [-0.1, -0.05) is 252 Å². The van der Waals surface area contributed by atoms with E-state index in [-0.39, 0.29) is 42.2 Å². The van der Waals surface area contributed by atoms with E-state index in [1.54, 1.807) is 0 Å². The SMILES string of the molecule is CCCCCCCCCCCCCCC(CS)C(=O)[O-].CCCCCCCCCCCCCCC(CS)C(=O)[O-].CCCCCCCCCCCCCCC(CS)C(=O)[O-].[Sb+3]. The minimum Gasteiger partial charge on any atom is -0.550 e. The van der Waals surface area contributed by atoms with E-state index in [1.165, 1.54) is 193 Å². The fourth-order valence-corrected chi connectivity index (χ4v) is 8.54. The van der Waals surface area contributed by atoms with Gasteiger partial charge in [0, 0.05) is 35.7 Å². The molecule has 3 unspecified atom stereocenters. The van der Waals surface area contributed by atoms with Crippen molar-refractivity contribution in [3.05, 3.63) is 0 Å². The Bertz CT molecular complexity index is 774. The second-order valence-electron chi connectivity index (χ2n) is 17.6. The average Bonchev–Trinajstić information content (AvgIpc) is 3.23. The molecule has 0 aromatic heterocycles. The van der Waals surface area contributed by atoms with E-state index < -0.39 is 17.9 Å². The Labute approximate surface area is 413 Å². The molecule has 0 aliphatic rings. The smallest absolute Gasteiger partial charge is 0.550 e. The molecule has 2 radical (unpaired) electrons. The molecule has 0 saturated heterocycles. The summed E-state index contributed by atoms with van der Waals surface area (Å²) in [5.74, 6) is -2.69. The number of carboxylic acid groups (broad SMARTS) is 3. The molecule has 61 heavy (non-hydrogen) atoms. The maximum atomic E-state index is 10.7. The topological polar surface area (TPSA) is 120 Å². The third-order valence-electron chi connectivity index (χ3n) is 11.9. The molecule has 0 aromatic carbocycles. The van der Waals surface area contributed by atoms with Crippen LogP contribution in [0.4, 0.5) is 0 Å². The zero-order valence-corrected chi connectivity index (χ0v) is 45.4. The van der Waals surface area contributed by atoms with E-state index >= 15 is 0 Å². The second kappa shape index (κ2) is 58.3. The fraction of sp³-hybridized carbons (Fsp3) is 0.941. The third-order valence-corrected chi connectivity index (χ3v) is 13.2. The zero-order chi connectivity index (χ0) is 45.2. The van der Waals surface area contributed by atoms with Crippen LogP contribution < -0.4 is 15.3 Å². The van der Waals surface area contributed by atoms with Crippen LogP contribution in [0.15, 0.2) is 0 Å². The number of rotatable bonds is 45. The molecule has 0 aliphatic carbocycles. The molecule has 0 bridgehead atoms. The van der Waals surface area contributed by atoms with Crippen molar-refractivity contribution in [2.45, 2.75) is 271 Å². The number of thiol groups is 3. The average molecular weight is 1030 g/mol. The molecule has 0 rings (SSSR count). The Morgan fingerprint density at radius 3 is 0.541 bits per heavy atom. The van der Waals surface area contributed by atoms with Gasteiger partial charge >= 0.3 is 24.4 Å². The summed E-state index contributed by atoms with van der Waals surface area (Å²) in [5, 5.41) is 32.1. The van der Waals surface area contributed by atoms with Crippen LogP contribution in [-0.2, 0) is 14.4 Å². The summed E-state index contributed by atoms with van der Waals surface area (Å²) in [5.41, 5.74) is 0. The summed E-state index contributed by atoms with van der Waals surface area (Å²) in [6, 6.07) is 0. The van der Waals surface area contributed by atoms with E-state index in [0.717, 1.165) is 57.8 Å². The van der Waals surface area contributed by atoms with Crippen LogP contribution in [0.2, 0.25) is 0 Å². The van der Waals surface area contributed by atoms with Crippen LogP contribution >= 0.6 is 37.9 Å². The molecule has 362 valence electrons. The zero-order valence-electron chi connectivity index (χ0n) is 40.2. The van der Waals surface area contributed by atoms with Crippen molar-refractivity contribution in [3.8, 4) is 0 Å². The van der Waals surface area contributed by atoms with Gasteiger partial charge in [-0.15, -0.1) is 0 Å². The van der Waals surface area contributed by atoms with E-state index in [9.17, 15) is 29.7 Å². The minimum absolute atomic E-state index is 0. The summed E-state index contributed by atoms with van der Waals surface area (Å²) in [7, 11) is 0. The Hall–Kier alpha value is 0.278. The van der Waals surface area contributed by atoms with E-state index in [4.69, 9.17) is 0 Å². The second-order valence-corrected chi connectivity index (χ2v) is 18.7. The van der Waals surface area contributed by atoms with Gasteiger partial charge in [-0.25, -0.2) is 0 Å². The largest absolute Gasteiger partial charge is 3.00 e. The van der Waals surface area contributed by atoms with Crippen LogP contribution in [0.25, 0.3) is 0 Å². The molecule has 6 nitrogen and oxygen atoms in total. The maximum absolute atomic E-state index is 10.7. The Kier molecular flexibility index (Phi) is 64.9. The van der Waals surface area contributed by atoms with Crippen molar-refractivity contribution in [3.63, 3.8) is 0 Å². The van der Waals surface area contributed by atoms with Crippen molar-refractivity contribution in [1.29, 1.82) is 0 Å². The number of carbonyl (C=O) groups is 3. The molecule has 0 amide bonds. The van der Waals surface area contributed by atoms with Crippen molar-refractivity contribution in [2.24, 2.45) is 17.8 Å². The van der Waals surface area contributed by atoms with Crippen LogP contribution in [0.3, 0.4) is 0 Å². The first kappa shape index (κ1) is 67.9.